The minimum atomic E-state index is -0.0620. The number of hydrogen-bond acceptors (Lipinski definition) is 5. The minimum Gasteiger partial charge on any atom is -0.497 e. The van der Waals surface area contributed by atoms with Crippen LogP contribution in [-0.4, -0.2) is 26.5 Å². The van der Waals surface area contributed by atoms with Crippen molar-refractivity contribution in [2.24, 2.45) is 0 Å². The highest BCUT2D eigenvalue weighted by atomic mass is 32.2. The normalized spacial score (nSPS) is 11.3. The van der Waals surface area contributed by atoms with Gasteiger partial charge < -0.3 is 9.72 Å². The second-order valence-electron chi connectivity index (χ2n) is 5.66. The largest absolute Gasteiger partial charge is 0.497 e. The molecule has 0 bridgehead atoms. The Kier molecular flexibility index (Phi) is 3.93. The number of benzene rings is 1. The van der Waals surface area contributed by atoms with Gasteiger partial charge in [0.1, 0.15) is 11.4 Å². The molecule has 7 heteroatoms. The zero-order valence-electron chi connectivity index (χ0n) is 13.8. The number of hydrogen-bond donors (Lipinski definition) is 1. The first-order valence-electron chi connectivity index (χ1n) is 7.79. The van der Waals surface area contributed by atoms with Crippen LogP contribution in [0.5, 0.6) is 5.75 Å². The van der Waals surface area contributed by atoms with E-state index >= 15 is 0 Å². The van der Waals surface area contributed by atoms with Gasteiger partial charge in [0.15, 0.2) is 5.16 Å². The fourth-order valence-corrected chi connectivity index (χ4v) is 3.52. The smallest absolute Gasteiger partial charge is 0.258 e. The van der Waals surface area contributed by atoms with E-state index in [1.54, 1.807) is 17.6 Å². The zero-order valence-corrected chi connectivity index (χ0v) is 14.6. The Morgan fingerprint density at radius 1 is 1.20 bits per heavy atom. The molecule has 126 valence electrons. The highest BCUT2D eigenvalue weighted by molar-refractivity contribution is 7.98. The number of imidazole rings is 1. The number of fused-ring (bicyclic) bond motifs is 2. The van der Waals surface area contributed by atoms with Crippen LogP contribution in [0, 0.1) is 6.92 Å². The van der Waals surface area contributed by atoms with Gasteiger partial charge in [0.2, 0.25) is 0 Å². The van der Waals surface area contributed by atoms with Gasteiger partial charge in [-0.1, -0.05) is 17.8 Å². The quantitative estimate of drug-likeness (QED) is 0.571. The van der Waals surface area contributed by atoms with Gasteiger partial charge in [-0.2, -0.15) is 0 Å². The van der Waals surface area contributed by atoms with Gasteiger partial charge in [0, 0.05) is 23.6 Å². The molecule has 0 amide bonds. The number of thioether (sulfide) groups is 1. The van der Waals surface area contributed by atoms with Crippen LogP contribution < -0.4 is 10.3 Å². The van der Waals surface area contributed by atoms with Crippen LogP contribution in [0.2, 0.25) is 0 Å². The van der Waals surface area contributed by atoms with Crippen LogP contribution in [0.3, 0.4) is 0 Å². The lowest BCUT2D eigenvalue weighted by Gasteiger charge is -2.05. The molecule has 0 spiro atoms. The maximum absolute atomic E-state index is 12.3. The molecule has 0 aliphatic heterocycles. The summed E-state index contributed by atoms with van der Waals surface area (Å²) in [4.78, 5) is 24.7. The first kappa shape index (κ1) is 15.7. The number of nitrogens with one attached hydrogen (secondary N) is 1. The van der Waals surface area contributed by atoms with Crippen molar-refractivity contribution in [2.75, 3.05) is 7.11 Å². The number of rotatable bonds is 4. The van der Waals surface area contributed by atoms with E-state index in [0.29, 0.717) is 11.4 Å². The Bertz CT molecular complexity index is 1130. The van der Waals surface area contributed by atoms with Crippen LogP contribution in [0.15, 0.2) is 52.4 Å². The lowest BCUT2D eigenvalue weighted by Crippen LogP contribution is -2.17. The summed E-state index contributed by atoms with van der Waals surface area (Å²) in [5.41, 5.74) is 4.01. The third-order valence-electron chi connectivity index (χ3n) is 3.96. The molecule has 1 N–H and O–H groups in total. The Morgan fingerprint density at radius 2 is 2.08 bits per heavy atom. The summed E-state index contributed by atoms with van der Waals surface area (Å²) in [6.45, 7) is 1.90. The number of pyridine rings is 1. The molecular weight excluding hydrogens is 336 g/mol. The SMILES string of the molecule is COc1ccc2nc(SCc3cc(=O)n4c(C)cccc4n3)[nH]c2c1. The molecule has 0 saturated carbocycles. The standard InChI is InChI=1S/C18H16N4O2S/c1-11-4-3-5-16-19-12(8-17(23)22(11)16)10-25-18-20-14-7-6-13(24-2)9-15(14)21-18/h3-9H,10H2,1-2H3,(H,20,21). The number of methoxy groups -OCH3 is 1. The van der Waals surface area contributed by atoms with Gasteiger partial charge in [-0.3, -0.25) is 9.20 Å². The maximum Gasteiger partial charge on any atom is 0.258 e. The highest BCUT2D eigenvalue weighted by Crippen LogP contribution is 2.24. The molecule has 0 atom stereocenters. The topological polar surface area (TPSA) is 72.3 Å². The predicted octanol–water partition coefficient (Wildman–Crippen LogP) is 3.18. The van der Waals surface area contributed by atoms with Crippen molar-refractivity contribution >= 4 is 28.4 Å². The van der Waals surface area contributed by atoms with E-state index in [1.807, 2.05) is 43.3 Å². The zero-order chi connectivity index (χ0) is 17.4. The van der Waals surface area contributed by atoms with E-state index in [9.17, 15) is 4.79 Å². The summed E-state index contributed by atoms with van der Waals surface area (Å²) in [5, 5.41) is 0.787. The summed E-state index contributed by atoms with van der Waals surface area (Å²) in [7, 11) is 1.64. The van der Waals surface area contributed by atoms with Crippen LogP contribution in [0.25, 0.3) is 16.7 Å². The van der Waals surface area contributed by atoms with Crippen molar-refractivity contribution in [2.45, 2.75) is 17.8 Å². The molecule has 0 unspecified atom stereocenters. The van der Waals surface area contributed by atoms with E-state index in [0.717, 1.165) is 33.3 Å². The van der Waals surface area contributed by atoms with Crippen molar-refractivity contribution in [3.05, 3.63) is 64.2 Å². The summed E-state index contributed by atoms with van der Waals surface area (Å²) < 4.78 is 6.84. The van der Waals surface area contributed by atoms with Crippen LogP contribution in [0.1, 0.15) is 11.4 Å². The minimum absolute atomic E-state index is 0.0620. The third kappa shape index (κ3) is 2.98. The Hall–Kier alpha value is -2.80. The third-order valence-corrected chi connectivity index (χ3v) is 4.86. The van der Waals surface area contributed by atoms with Crippen LogP contribution in [-0.2, 0) is 5.75 Å². The predicted molar refractivity (Wildman–Crippen MR) is 98.4 cm³/mol. The molecule has 0 aliphatic carbocycles. The number of aromatic amines is 1. The van der Waals surface area contributed by atoms with Crippen molar-refractivity contribution in [1.29, 1.82) is 0 Å². The molecule has 3 aromatic heterocycles. The van der Waals surface area contributed by atoms with Gasteiger partial charge in [-0.15, -0.1) is 0 Å². The molecule has 0 radical (unpaired) electrons. The fourth-order valence-electron chi connectivity index (χ4n) is 2.74. The van der Waals surface area contributed by atoms with Crippen molar-refractivity contribution in [1.82, 2.24) is 19.4 Å². The van der Waals surface area contributed by atoms with Gasteiger partial charge >= 0.3 is 0 Å². The molecule has 0 saturated heterocycles. The molecule has 1 aromatic carbocycles. The van der Waals surface area contributed by atoms with Gasteiger partial charge in [0.25, 0.3) is 5.56 Å². The van der Waals surface area contributed by atoms with Crippen LogP contribution >= 0.6 is 11.8 Å². The summed E-state index contributed by atoms with van der Waals surface area (Å²) in [5.74, 6) is 1.35. The molecular formula is C18H16N4O2S. The lowest BCUT2D eigenvalue weighted by atomic mass is 10.3. The monoisotopic (exact) mass is 352 g/mol. The van der Waals surface area contributed by atoms with Crippen molar-refractivity contribution in [3.8, 4) is 5.75 Å². The highest BCUT2D eigenvalue weighted by Gasteiger charge is 2.08. The Labute approximate surface area is 147 Å². The average molecular weight is 352 g/mol. The summed E-state index contributed by atoms with van der Waals surface area (Å²) >= 11 is 1.52. The number of H-pyrrole nitrogens is 1. The Balaban J connectivity index is 1.61. The van der Waals surface area contributed by atoms with E-state index in [-0.39, 0.29) is 5.56 Å². The number of nitrogens with zero attached hydrogens (tertiary/aromatic N) is 3. The van der Waals surface area contributed by atoms with Gasteiger partial charge in [-0.25, -0.2) is 9.97 Å². The Morgan fingerprint density at radius 3 is 2.92 bits per heavy atom. The molecule has 6 nitrogen and oxygen atoms in total. The second-order valence-corrected chi connectivity index (χ2v) is 6.62. The van der Waals surface area contributed by atoms with Gasteiger partial charge in [-0.05, 0) is 31.2 Å². The summed E-state index contributed by atoms with van der Waals surface area (Å²) in [6, 6.07) is 12.9. The first-order valence-corrected chi connectivity index (χ1v) is 8.77. The molecule has 0 fully saturated rings. The molecule has 4 rings (SSSR count). The molecule has 25 heavy (non-hydrogen) atoms. The van der Waals surface area contributed by atoms with Crippen molar-refractivity contribution in [3.63, 3.8) is 0 Å². The average Bonchev–Trinajstić information content (AvgIpc) is 3.01. The molecule has 0 aliphatic rings. The van der Waals surface area contributed by atoms with Crippen LogP contribution in [0.4, 0.5) is 0 Å². The van der Waals surface area contributed by atoms with E-state index in [2.05, 4.69) is 15.0 Å². The van der Waals surface area contributed by atoms with E-state index in [1.165, 1.54) is 11.8 Å². The van der Waals surface area contributed by atoms with E-state index < -0.39 is 0 Å². The lowest BCUT2D eigenvalue weighted by molar-refractivity contribution is 0.415. The number of aromatic nitrogens is 4. The van der Waals surface area contributed by atoms with Crippen molar-refractivity contribution < 1.29 is 4.74 Å². The number of aryl methyl sites for hydroxylation is 1. The fraction of sp³-hybridized carbons (Fsp3) is 0.167. The first-order chi connectivity index (χ1) is 12.1. The molecule has 3 heterocycles. The molecule has 4 aromatic rings. The number of ether oxygens (including phenoxy) is 1. The second kappa shape index (κ2) is 6.25. The maximum atomic E-state index is 12.3. The van der Waals surface area contributed by atoms with Gasteiger partial charge in [0.05, 0.1) is 23.8 Å². The van der Waals surface area contributed by atoms with E-state index in [4.69, 9.17) is 4.74 Å². The summed E-state index contributed by atoms with van der Waals surface area (Å²) in [6.07, 6.45) is 0.